The second-order valence-corrected chi connectivity index (χ2v) is 19.9. The summed E-state index contributed by atoms with van der Waals surface area (Å²) < 4.78 is 132. The van der Waals surface area contributed by atoms with Gasteiger partial charge in [-0.3, -0.25) is 19.2 Å². The van der Waals surface area contributed by atoms with Crippen molar-refractivity contribution in [2.45, 2.75) is 87.0 Å². The molecule has 80 heavy (non-hydrogen) atoms. The maximum Gasteiger partial charge on any atom is 0.471 e. The second-order valence-electron chi connectivity index (χ2n) is 19.1. The first-order valence-corrected chi connectivity index (χ1v) is 25.6. The summed E-state index contributed by atoms with van der Waals surface area (Å²) >= 11 is 11.8. The number of aromatic nitrogens is 4. The number of alkyl halides is 6. The van der Waals surface area contributed by atoms with E-state index in [1.54, 1.807) is 36.4 Å². The number of hydrogen-bond donors (Lipinski definition) is 4. The van der Waals surface area contributed by atoms with Crippen LogP contribution in [0.15, 0.2) is 73.3 Å². The molecule has 4 heterocycles. The summed E-state index contributed by atoms with van der Waals surface area (Å²) in [5.74, 6) is -4.69. The van der Waals surface area contributed by atoms with E-state index in [1.807, 2.05) is 0 Å². The van der Waals surface area contributed by atoms with E-state index in [0.717, 1.165) is 0 Å². The number of benzene rings is 4. The number of hydrogen-bond acceptors (Lipinski definition) is 14. The zero-order valence-electron chi connectivity index (χ0n) is 42.3. The summed E-state index contributed by atoms with van der Waals surface area (Å²) in [5.41, 5.74) is -2.02. The van der Waals surface area contributed by atoms with Crippen molar-refractivity contribution in [3.8, 4) is 23.0 Å². The van der Waals surface area contributed by atoms with Gasteiger partial charge in [-0.15, -0.1) is 0 Å². The van der Waals surface area contributed by atoms with Crippen molar-refractivity contribution in [1.29, 1.82) is 0 Å². The summed E-state index contributed by atoms with van der Waals surface area (Å²) in [6.07, 6.45) is -7.74. The highest BCUT2D eigenvalue weighted by molar-refractivity contribution is 6.31. The number of fused-ring (bicyclic) bond motifs is 2. The van der Waals surface area contributed by atoms with Crippen molar-refractivity contribution in [2.75, 3.05) is 51.0 Å². The fourth-order valence-corrected chi connectivity index (χ4v) is 10.8. The van der Waals surface area contributed by atoms with Crippen LogP contribution in [0.2, 0.25) is 10.0 Å². The number of rotatable bonds is 10. The van der Waals surface area contributed by atoms with Gasteiger partial charge in [0.05, 0.1) is 58.9 Å². The molecule has 0 radical (unpaired) electrons. The lowest BCUT2D eigenvalue weighted by molar-refractivity contribution is -0.196. The van der Waals surface area contributed by atoms with Crippen LogP contribution in [-0.4, -0.2) is 129 Å². The molecule has 2 spiro atoms. The number of nitrogens with one attached hydrogen (secondary N) is 4. The lowest BCUT2D eigenvalue weighted by Gasteiger charge is -2.49. The summed E-state index contributed by atoms with van der Waals surface area (Å²) in [4.78, 5) is 68.1. The van der Waals surface area contributed by atoms with Crippen LogP contribution < -0.4 is 40.2 Å². The maximum absolute atomic E-state index is 14.5. The topological polar surface area (TPSA) is 211 Å². The predicted molar refractivity (Wildman–Crippen MR) is 274 cm³/mol. The van der Waals surface area contributed by atoms with Crippen LogP contribution in [0.25, 0.3) is 21.8 Å². The molecule has 4 fully saturated rings. The SMILES string of the molecule is COc1cc2ncnc(Nc3cccc(Cl)c3F)c2cc1OC1CCC2(CC1)C(=O)NCCN2C(=O)C(F)(F)F.COc1cc2ncnc(Nc3cccc(Cl)c3F)c2cc1OC1CCC2(CC1)C(=O)NCCN2C(=O)C(F)(F)F. The molecule has 2 saturated carbocycles. The van der Waals surface area contributed by atoms with Crippen LogP contribution in [0.1, 0.15) is 51.4 Å². The number of amides is 4. The van der Waals surface area contributed by atoms with E-state index in [0.29, 0.717) is 54.6 Å². The van der Waals surface area contributed by atoms with E-state index in [4.69, 9.17) is 42.1 Å². The van der Waals surface area contributed by atoms with Crippen LogP contribution in [0, 0.1) is 11.6 Å². The van der Waals surface area contributed by atoms with Gasteiger partial charge in [-0.2, -0.15) is 26.3 Å². The highest BCUT2D eigenvalue weighted by Gasteiger charge is 2.57. The molecule has 0 unspecified atom stereocenters. The lowest BCUT2D eigenvalue weighted by Crippen LogP contribution is -2.69. The molecule has 4 aromatic carbocycles. The highest BCUT2D eigenvalue weighted by Crippen LogP contribution is 2.44. The summed E-state index contributed by atoms with van der Waals surface area (Å²) in [6, 6.07) is 15.5. The van der Waals surface area contributed by atoms with Crippen LogP contribution in [0.5, 0.6) is 23.0 Å². The van der Waals surface area contributed by atoms with Gasteiger partial charge in [0.2, 0.25) is 11.8 Å². The maximum atomic E-state index is 14.5. The first kappa shape index (κ1) is 57.0. The Balaban J connectivity index is 0.000000194. The molecule has 2 saturated heterocycles. The number of carbonyl (C=O) groups excluding carboxylic acids is 4. The molecule has 18 nitrogen and oxygen atoms in total. The number of ether oxygens (including phenoxy) is 4. The van der Waals surface area contributed by atoms with Gasteiger partial charge in [0.1, 0.15) is 35.4 Å². The van der Waals surface area contributed by atoms with Gasteiger partial charge in [0, 0.05) is 49.1 Å². The third kappa shape index (κ3) is 11.4. The normalized spacial score (nSPS) is 21.3. The molecule has 0 atom stereocenters. The van der Waals surface area contributed by atoms with Crippen LogP contribution in [0.3, 0.4) is 0 Å². The van der Waals surface area contributed by atoms with Crippen molar-refractivity contribution in [3.63, 3.8) is 0 Å². The van der Waals surface area contributed by atoms with E-state index < -0.39 is 70.9 Å². The molecule has 4 aliphatic rings. The van der Waals surface area contributed by atoms with E-state index in [1.165, 1.54) is 51.1 Å². The Kier molecular flexibility index (Phi) is 16.2. The molecule has 6 aromatic rings. The third-order valence-electron chi connectivity index (χ3n) is 14.5. The Morgan fingerprint density at radius 3 is 1.32 bits per heavy atom. The number of halogens is 10. The van der Waals surface area contributed by atoms with Gasteiger partial charge < -0.3 is 50.0 Å². The zero-order valence-corrected chi connectivity index (χ0v) is 43.8. The molecule has 0 bridgehead atoms. The standard InChI is InChI=1S/2C26H24ClF4N5O4/c2*1-39-19-12-18-15(22(34-13-33-18)35-17-4-2-3-16(27)21(17)28)11-20(19)40-14-5-7-25(8-6-14)23(37)32-9-10-36(25)24(38)26(29,30)31/h2*2-4,11-14H,5-10H2,1H3,(H,32,37)(H,33,34,35). The summed E-state index contributed by atoms with van der Waals surface area (Å²) in [5, 5.41) is 11.9. The van der Waals surface area contributed by atoms with Gasteiger partial charge in [-0.1, -0.05) is 35.3 Å². The molecular weight excluding hydrogens is 1120 g/mol. The minimum absolute atomic E-state index is 0.00875. The average molecular weight is 1160 g/mol. The fraction of sp³-hybridized carbons (Fsp3) is 0.385. The molecular formula is C52H48Cl2F8N10O8. The van der Waals surface area contributed by atoms with E-state index in [-0.39, 0.29) is 111 Å². The van der Waals surface area contributed by atoms with E-state index in [9.17, 15) is 54.3 Å². The Bertz CT molecular complexity index is 3140. The minimum Gasteiger partial charge on any atom is -0.493 e. The Labute approximate surface area is 459 Å². The third-order valence-corrected chi connectivity index (χ3v) is 15.0. The fourth-order valence-electron chi connectivity index (χ4n) is 10.5. The van der Waals surface area contributed by atoms with Crippen molar-refractivity contribution >= 4 is 91.6 Å². The smallest absolute Gasteiger partial charge is 0.471 e. The van der Waals surface area contributed by atoms with Crippen LogP contribution in [0.4, 0.5) is 58.1 Å². The van der Waals surface area contributed by atoms with Crippen molar-refractivity contribution in [1.82, 2.24) is 40.4 Å². The van der Waals surface area contributed by atoms with Gasteiger partial charge >= 0.3 is 24.2 Å². The number of methoxy groups -OCH3 is 2. The first-order chi connectivity index (χ1) is 38.1. The summed E-state index contributed by atoms with van der Waals surface area (Å²) in [7, 11) is 2.89. The molecule has 10 rings (SSSR count). The second kappa shape index (κ2) is 22.8. The summed E-state index contributed by atoms with van der Waals surface area (Å²) in [6.45, 7) is -0.545. The number of piperazine rings is 2. The monoisotopic (exact) mass is 1160 g/mol. The van der Waals surface area contributed by atoms with Crippen molar-refractivity contribution < 1.29 is 73.2 Å². The lowest BCUT2D eigenvalue weighted by atomic mass is 9.77. The van der Waals surface area contributed by atoms with Gasteiger partial charge in [0.15, 0.2) is 34.6 Å². The Morgan fingerprint density at radius 2 is 0.975 bits per heavy atom. The minimum atomic E-state index is -5.09. The van der Waals surface area contributed by atoms with Gasteiger partial charge in [0.25, 0.3) is 0 Å². The predicted octanol–water partition coefficient (Wildman–Crippen LogP) is 9.51. The molecule has 4 N–H and O–H groups in total. The molecule has 424 valence electrons. The van der Waals surface area contributed by atoms with Crippen LogP contribution in [-0.2, 0) is 19.2 Å². The number of anilines is 4. The quantitative estimate of drug-likeness (QED) is 0.0942. The zero-order chi connectivity index (χ0) is 57.3. The Morgan fingerprint density at radius 1 is 0.600 bits per heavy atom. The molecule has 28 heteroatoms. The van der Waals surface area contributed by atoms with E-state index in [2.05, 4.69) is 41.2 Å². The van der Waals surface area contributed by atoms with E-state index >= 15 is 0 Å². The van der Waals surface area contributed by atoms with Crippen LogP contribution >= 0.6 is 23.2 Å². The molecule has 2 aliphatic heterocycles. The molecule has 2 aromatic heterocycles. The van der Waals surface area contributed by atoms with Crippen molar-refractivity contribution in [2.24, 2.45) is 0 Å². The Hall–Kier alpha value is -7.74. The highest BCUT2D eigenvalue weighted by atomic mass is 35.5. The molecule has 4 amide bonds. The first-order valence-electron chi connectivity index (χ1n) is 24.8. The van der Waals surface area contributed by atoms with Gasteiger partial charge in [-0.25, -0.2) is 28.7 Å². The van der Waals surface area contributed by atoms with Crippen molar-refractivity contribution in [3.05, 3.63) is 95.0 Å². The number of carbonyl (C=O) groups is 4. The largest absolute Gasteiger partial charge is 0.493 e. The number of nitrogens with zero attached hydrogens (tertiary/aromatic N) is 6. The molecule has 2 aliphatic carbocycles. The average Bonchev–Trinajstić information content (AvgIpc) is 3.49. The van der Waals surface area contributed by atoms with Gasteiger partial charge in [-0.05, 0) is 87.8 Å².